The molecule has 0 aliphatic carbocycles. The minimum Gasteiger partial charge on any atom is -0.377 e. The zero-order valence-electron chi connectivity index (χ0n) is 13.5. The Balaban J connectivity index is 1.88. The van der Waals surface area contributed by atoms with Crippen LogP contribution in [0.1, 0.15) is 11.1 Å². The lowest BCUT2D eigenvalue weighted by molar-refractivity contribution is 0.0274. The molecule has 24 heavy (non-hydrogen) atoms. The van der Waals surface area contributed by atoms with E-state index >= 15 is 0 Å². The lowest BCUT2D eigenvalue weighted by atomic mass is 10.0. The summed E-state index contributed by atoms with van der Waals surface area (Å²) < 4.78 is 28.6. The van der Waals surface area contributed by atoms with Gasteiger partial charge in [-0.25, -0.2) is 8.42 Å². The first-order valence-electron chi connectivity index (χ1n) is 7.74. The number of rotatable bonds is 4. The molecule has 1 saturated heterocycles. The highest BCUT2D eigenvalue weighted by Crippen LogP contribution is 2.24. The Hall–Kier alpha value is -1.64. The van der Waals surface area contributed by atoms with Gasteiger partial charge >= 0.3 is 0 Å². The number of aromatic nitrogens is 1. The number of fused-ring (bicyclic) bond motifs is 1. The minimum atomic E-state index is -3.06. The summed E-state index contributed by atoms with van der Waals surface area (Å²) in [6.45, 7) is 1.90. The molecule has 0 spiro atoms. The summed E-state index contributed by atoms with van der Waals surface area (Å²) >= 11 is 5.14. The van der Waals surface area contributed by atoms with E-state index in [0.29, 0.717) is 24.9 Å². The van der Waals surface area contributed by atoms with Crippen molar-refractivity contribution in [1.29, 1.82) is 0 Å². The zero-order chi connectivity index (χ0) is 17.3. The standard InChI is InChI=1S/C16H21N3O3S2/c1-24(20,21)10-11-2-3-15-14(6-11)12(8-18-15)7-13-9-22-5-4-19(13)16(17)23/h2-3,6,8,13,18H,4-5,7,9-10H2,1H3,(H2,17,23)/t13-/m0/s1. The van der Waals surface area contributed by atoms with Crippen molar-refractivity contribution in [2.45, 2.75) is 18.2 Å². The summed E-state index contributed by atoms with van der Waals surface area (Å²) in [5.74, 6) is 0.0408. The van der Waals surface area contributed by atoms with Crippen LogP contribution < -0.4 is 5.73 Å². The molecule has 0 radical (unpaired) electrons. The molecule has 2 aromatic rings. The highest BCUT2D eigenvalue weighted by molar-refractivity contribution is 7.89. The number of H-pyrrole nitrogens is 1. The van der Waals surface area contributed by atoms with Gasteiger partial charge in [0.05, 0.1) is 25.0 Å². The molecule has 1 aliphatic rings. The van der Waals surface area contributed by atoms with E-state index in [4.69, 9.17) is 22.7 Å². The monoisotopic (exact) mass is 367 g/mol. The lowest BCUT2D eigenvalue weighted by Crippen LogP contribution is -2.51. The number of nitrogens with two attached hydrogens (primary N) is 1. The third-order valence-electron chi connectivity index (χ3n) is 4.23. The Labute approximate surface area is 146 Å². The molecule has 1 aliphatic heterocycles. The fraction of sp³-hybridized carbons (Fsp3) is 0.438. The lowest BCUT2D eigenvalue weighted by Gasteiger charge is -2.36. The number of nitrogens with zero attached hydrogens (tertiary/aromatic N) is 1. The maximum absolute atomic E-state index is 11.5. The molecule has 130 valence electrons. The molecule has 1 aromatic carbocycles. The summed E-state index contributed by atoms with van der Waals surface area (Å²) in [5.41, 5.74) is 8.70. The van der Waals surface area contributed by atoms with Gasteiger partial charge < -0.3 is 20.4 Å². The Morgan fingerprint density at radius 1 is 1.50 bits per heavy atom. The first kappa shape index (κ1) is 17.2. The Kier molecular flexibility index (Phi) is 4.80. The van der Waals surface area contributed by atoms with E-state index in [2.05, 4.69) is 4.98 Å². The van der Waals surface area contributed by atoms with Crippen molar-refractivity contribution in [3.05, 3.63) is 35.5 Å². The molecule has 8 heteroatoms. The van der Waals surface area contributed by atoms with Crippen LogP contribution in [0.2, 0.25) is 0 Å². The van der Waals surface area contributed by atoms with Gasteiger partial charge in [-0.2, -0.15) is 0 Å². The maximum atomic E-state index is 11.5. The highest BCUT2D eigenvalue weighted by Gasteiger charge is 2.25. The second-order valence-corrected chi connectivity index (χ2v) is 8.79. The number of morpholine rings is 1. The summed E-state index contributed by atoms with van der Waals surface area (Å²) in [4.78, 5) is 5.24. The molecular formula is C16H21N3O3S2. The smallest absolute Gasteiger partial charge is 0.166 e. The van der Waals surface area contributed by atoms with Gasteiger partial charge in [0.2, 0.25) is 0 Å². The first-order chi connectivity index (χ1) is 11.3. The van der Waals surface area contributed by atoms with E-state index in [1.165, 1.54) is 6.26 Å². The third kappa shape index (κ3) is 3.88. The van der Waals surface area contributed by atoms with Crippen LogP contribution >= 0.6 is 12.2 Å². The molecule has 1 aromatic heterocycles. The Morgan fingerprint density at radius 3 is 3.00 bits per heavy atom. The number of aromatic amines is 1. The van der Waals surface area contributed by atoms with Crippen molar-refractivity contribution in [2.24, 2.45) is 5.73 Å². The summed E-state index contributed by atoms with van der Waals surface area (Å²) in [7, 11) is -3.06. The molecule has 0 unspecified atom stereocenters. The molecule has 0 amide bonds. The predicted octanol–water partition coefficient (Wildman–Crippen LogP) is 1.20. The van der Waals surface area contributed by atoms with Gasteiger partial charge in [0.1, 0.15) is 0 Å². The van der Waals surface area contributed by atoms with Crippen molar-refractivity contribution in [1.82, 2.24) is 9.88 Å². The number of sulfone groups is 1. The second kappa shape index (κ2) is 6.70. The van der Waals surface area contributed by atoms with Crippen LogP contribution in [-0.2, 0) is 26.7 Å². The Bertz CT molecular complexity index is 861. The van der Waals surface area contributed by atoms with Crippen molar-refractivity contribution in [3.63, 3.8) is 0 Å². The van der Waals surface area contributed by atoms with Crippen molar-refractivity contribution >= 4 is 38.1 Å². The predicted molar refractivity (Wildman–Crippen MR) is 98.6 cm³/mol. The number of ether oxygens (including phenoxy) is 1. The molecule has 1 atom stereocenters. The van der Waals surface area contributed by atoms with Crippen LogP contribution in [-0.4, -0.2) is 55.5 Å². The zero-order valence-corrected chi connectivity index (χ0v) is 15.1. The molecule has 3 rings (SSSR count). The minimum absolute atomic E-state index is 0.0408. The molecule has 0 bridgehead atoms. The third-order valence-corrected chi connectivity index (χ3v) is 5.32. The number of hydrogen-bond acceptors (Lipinski definition) is 4. The van der Waals surface area contributed by atoms with Crippen LogP contribution in [0.5, 0.6) is 0 Å². The average molecular weight is 367 g/mol. The van der Waals surface area contributed by atoms with E-state index in [1.807, 2.05) is 29.3 Å². The van der Waals surface area contributed by atoms with E-state index in [-0.39, 0.29) is 11.8 Å². The number of hydrogen-bond donors (Lipinski definition) is 2. The van der Waals surface area contributed by atoms with Crippen LogP contribution in [0.25, 0.3) is 10.9 Å². The number of nitrogens with one attached hydrogen (secondary N) is 1. The van der Waals surface area contributed by atoms with Gasteiger partial charge in [0.15, 0.2) is 14.9 Å². The molecule has 0 saturated carbocycles. The SMILES string of the molecule is CS(=O)(=O)Cc1ccc2[nH]cc(C[C@H]3COCCN3C(N)=S)c2c1. The van der Waals surface area contributed by atoms with Crippen molar-refractivity contribution < 1.29 is 13.2 Å². The fourth-order valence-electron chi connectivity index (χ4n) is 3.15. The van der Waals surface area contributed by atoms with Gasteiger partial charge in [-0.15, -0.1) is 0 Å². The average Bonchev–Trinajstić information content (AvgIpc) is 2.88. The van der Waals surface area contributed by atoms with Gasteiger partial charge in [-0.1, -0.05) is 6.07 Å². The molecule has 2 heterocycles. The topological polar surface area (TPSA) is 88.4 Å². The number of benzene rings is 1. The van der Waals surface area contributed by atoms with Gasteiger partial charge in [0, 0.05) is 29.9 Å². The van der Waals surface area contributed by atoms with Gasteiger partial charge in [-0.3, -0.25) is 0 Å². The number of thiocarbonyl (C=S) groups is 1. The fourth-order valence-corrected chi connectivity index (χ4v) is 4.18. The van der Waals surface area contributed by atoms with E-state index in [9.17, 15) is 8.42 Å². The van der Waals surface area contributed by atoms with E-state index in [1.54, 1.807) is 0 Å². The summed E-state index contributed by atoms with van der Waals surface area (Å²) in [6, 6.07) is 5.79. The Morgan fingerprint density at radius 2 is 2.29 bits per heavy atom. The molecule has 3 N–H and O–H groups in total. The summed E-state index contributed by atoms with van der Waals surface area (Å²) in [6.07, 6.45) is 3.94. The maximum Gasteiger partial charge on any atom is 0.166 e. The van der Waals surface area contributed by atoms with E-state index in [0.717, 1.165) is 28.5 Å². The van der Waals surface area contributed by atoms with Gasteiger partial charge in [0.25, 0.3) is 0 Å². The van der Waals surface area contributed by atoms with Crippen molar-refractivity contribution in [3.8, 4) is 0 Å². The quantitative estimate of drug-likeness (QED) is 0.790. The molecular weight excluding hydrogens is 346 g/mol. The molecule has 1 fully saturated rings. The van der Waals surface area contributed by atoms with Gasteiger partial charge in [-0.05, 0) is 41.9 Å². The van der Waals surface area contributed by atoms with Crippen LogP contribution in [0.4, 0.5) is 0 Å². The van der Waals surface area contributed by atoms with E-state index < -0.39 is 9.84 Å². The summed E-state index contributed by atoms with van der Waals surface area (Å²) in [5, 5.41) is 1.42. The highest BCUT2D eigenvalue weighted by atomic mass is 32.2. The van der Waals surface area contributed by atoms with Crippen LogP contribution in [0.3, 0.4) is 0 Å². The second-order valence-electron chi connectivity index (χ2n) is 6.23. The van der Waals surface area contributed by atoms with Crippen LogP contribution in [0, 0.1) is 0 Å². The normalized spacial score (nSPS) is 18.9. The first-order valence-corrected chi connectivity index (χ1v) is 10.2. The largest absolute Gasteiger partial charge is 0.377 e. The molecule has 6 nitrogen and oxygen atoms in total. The van der Waals surface area contributed by atoms with Crippen LogP contribution in [0.15, 0.2) is 24.4 Å². The van der Waals surface area contributed by atoms with Crippen molar-refractivity contribution in [2.75, 3.05) is 26.0 Å².